The van der Waals surface area contributed by atoms with Crippen molar-refractivity contribution in [2.75, 3.05) is 25.9 Å². The molecule has 2 aliphatic rings. The number of carbonyl (C=O) groups is 1. The van der Waals surface area contributed by atoms with E-state index in [2.05, 4.69) is 10.2 Å². The predicted octanol–water partition coefficient (Wildman–Crippen LogP) is 1.51. The average molecular weight is 265 g/mol. The van der Waals surface area contributed by atoms with E-state index in [-0.39, 0.29) is 17.7 Å². The second kappa shape index (κ2) is 6.72. The molecule has 1 atom stereocenters. The van der Waals surface area contributed by atoms with Crippen LogP contribution in [0.2, 0.25) is 0 Å². The molecule has 5 heteroatoms. The van der Waals surface area contributed by atoms with Gasteiger partial charge in [0.1, 0.15) is 0 Å². The molecule has 2 fully saturated rings. The van der Waals surface area contributed by atoms with E-state index in [4.69, 9.17) is 0 Å². The molecular weight excluding hydrogens is 244 g/mol. The van der Waals surface area contributed by atoms with Crippen LogP contribution in [-0.2, 0) is 4.79 Å². The molecule has 2 rings (SSSR count). The molecule has 1 unspecified atom stereocenters. The van der Waals surface area contributed by atoms with E-state index in [1.807, 2.05) is 18.8 Å². The number of nitrogens with one attached hydrogen (secondary N) is 1. The van der Waals surface area contributed by atoms with Crippen LogP contribution < -0.4 is 5.32 Å². The summed E-state index contributed by atoms with van der Waals surface area (Å²) in [6, 6.07) is 0.616. The number of hydrogen-bond acceptors (Lipinski definition) is 3. The van der Waals surface area contributed by atoms with Crippen LogP contribution in [0.4, 0.5) is 0 Å². The molecule has 0 bridgehead atoms. The minimum absolute atomic E-state index is 0. The van der Waals surface area contributed by atoms with Gasteiger partial charge in [0.2, 0.25) is 5.91 Å². The second-order valence-electron chi connectivity index (χ2n) is 4.39. The van der Waals surface area contributed by atoms with Crippen molar-refractivity contribution < 1.29 is 4.79 Å². The lowest BCUT2D eigenvalue weighted by atomic mass is 10.0. The van der Waals surface area contributed by atoms with Crippen molar-refractivity contribution in [1.29, 1.82) is 0 Å². The van der Waals surface area contributed by atoms with Crippen LogP contribution in [0.1, 0.15) is 25.7 Å². The van der Waals surface area contributed by atoms with Gasteiger partial charge in [-0.25, -0.2) is 0 Å². The van der Waals surface area contributed by atoms with E-state index in [9.17, 15) is 4.79 Å². The van der Waals surface area contributed by atoms with E-state index >= 15 is 0 Å². The number of thioether (sulfide) groups is 1. The standard InChI is InChI=1S/C11H20N2OS.ClH/c1-12-9-4-6-13(7-5-9)11(14)10-3-2-8-15-10;/h9-10,12H,2-8H2,1H3;1H. The Balaban J connectivity index is 0.00000128. The van der Waals surface area contributed by atoms with Gasteiger partial charge in [0, 0.05) is 19.1 Å². The third kappa shape index (κ3) is 3.28. The van der Waals surface area contributed by atoms with Crippen LogP contribution in [0.5, 0.6) is 0 Å². The normalized spacial score (nSPS) is 26.6. The third-order valence-corrected chi connectivity index (χ3v) is 4.78. The summed E-state index contributed by atoms with van der Waals surface area (Å²) in [6.45, 7) is 1.89. The summed E-state index contributed by atoms with van der Waals surface area (Å²) < 4.78 is 0. The number of carbonyl (C=O) groups excluding carboxylic acids is 1. The number of amides is 1. The Bertz CT molecular complexity index is 226. The minimum Gasteiger partial charge on any atom is -0.342 e. The number of rotatable bonds is 2. The zero-order valence-corrected chi connectivity index (χ0v) is 11.4. The van der Waals surface area contributed by atoms with Crippen molar-refractivity contribution in [3.05, 3.63) is 0 Å². The monoisotopic (exact) mass is 264 g/mol. The third-order valence-electron chi connectivity index (χ3n) is 3.42. The molecule has 2 heterocycles. The molecule has 1 amide bonds. The van der Waals surface area contributed by atoms with Crippen molar-refractivity contribution in [2.45, 2.75) is 37.0 Å². The smallest absolute Gasteiger partial charge is 0.235 e. The molecule has 2 saturated heterocycles. The van der Waals surface area contributed by atoms with Gasteiger partial charge in [0.15, 0.2) is 0 Å². The van der Waals surface area contributed by atoms with Gasteiger partial charge in [-0.05, 0) is 38.5 Å². The Hall–Kier alpha value is 0.0700. The summed E-state index contributed by atoms with van der Waals surface area (Å²) in [6.07, 6.45) is 4.53. The molecule has 0 aromatic heterocycles. The van der Waals surface area contributed by atoms with Crippen molar-refractivity contribution >= 4 is 30.1 Å². The number of nitrogens with zero attached hydrogens (tertiary/aromatic N) is 1. The maximum Gasteiger partial charge on any atom is 0.235 e. The van der Waals surface area contributed by atoms with Gasteiger partial charge in [0.25, 0.3) is 0 Å². The molecular formula is C11H21ClN2OS. The zero-order chi connectivity index (χ0) is 10.7. The van der Waals surface area contributed by atoms with Gasteiger partial charge in [-0.15, -0.1) is 24.2 Å². The summed E-state index contributed by atoms with van der Waals surface area (Å²) in [5.41, 5.74) is 0. The second-order valence-corrected chi connectivity index (χ2v) is 5.70. The number of piperidine rings is 1. The molecule has 0 aromatic rings. The summed E-state index contributed by atoms with van der Waals surface area (Å²) in [4.78, 5) is 14.1. The first-order chi connectivity index (χ1) is 7.31. The largest absolute Gasteiger partial charge is 0.342 e. The molecule has 0 saturated carbocycles. The van der Waals surface area contributed by atoms with Crippen LogP contribution in [-0.4, -0.2) is 48.0 Å². The highest BCUT2D eigenvalue weighted by Gasteiger charge is 2.29. The molecule has 2 aliphatic heterocycles. The Morgan fingerprint density at radius 1 is 1.31 bits per heavy atom. The zero-order valence-electron chi connectivity index (χ0n) is 9.78. The highest BCUT2D eigenvalue weighted by atomic mass is 35.5. The van der Waals surface area contributed by atoms with Gasteiger partial charge in [-0.1, -0.05) is 0 Å². The van der Waals surface area contributed by atoms with E-state index in [0.717, 1.165) is 32.4 Å². The average Bonchev–Trinajstić information content (AvgIpc) is 2.82. The van der Waals surface area contributed by atoms with Crippen LogP contribution in [0.15, 0.2) is 0 Å². The summed E-state index contributed by atoms with van der Waals surface area (Å²) >= 11 is 1.84. The van der Waals surface area contributed by atoms with Crippen molar-refractivity contribution in [3.8, 4) is 0 Å². The molecule has 16 heavy (non-hydrogen) atoms. The van der Waals surface area contributed by atoms with Gasteiger partial charge in [-0.3, -0.25) is 4.79 Å². The van der Waals surface area contributed by atoms with Crippen molar-refractivity contribution in [3.63, 3.8) is 0 Å². The summed E-state index contributed by atoms with van der Waals surface area (Å²) in [5.74, 6) is 1.57. The minimum atomic E-state index is 0. The molecule has 1 N–H and O–H groups in total. The van der Waals surface area contributed by atoms with E-state index in [1.165, 1.54) is 12.2 Å². The highest BCUT2D eigenvalue weighted by molar-refractivity contribution is 8.00. The maximum atomic E-state index is 12.1. The fraction of sp³-hybridized carbons (Fsp3) is 0.909. The first-order valence-corrected chi connectivity index (χ1v) is 6.94. The Kier molecular flexibility index (Phi) is 5.94. The van der Waals surface area contributed by atoms with Crippen LogP contribution in [0, 0.1) is 0 Å². The topological polar surface area (TPSA) is 32.3 Å². The lowest BCUT2D eigenvalue weighted by Crippen LogP contribution is -2.46. The molecule has 0 aromatic carbocycles. The molecule has 3 nitrogen and oxygen atoms in total. The summed E-state index contributed by atoms with van der Waals surface area (Å²) in [7, 11) is 2.01. The van der Waals surface area contributed by atoms with Gasteiger partial charge < -0.3 is 10.2 Å². The first-order valence-electron chi connectivity index (χ1n) is 5.89. The lowest BCUT2D eigenvalue weighted by Gasteiger charge is -2.33. The van der Waals surface area contributed by atoms with Crippen LogP contribution in [0.25, 0.3) is 0 Å². The van der Waals surface area contributed by atoms with E-state index < -0.39 is 0 Å². The first kappa shape index (κ1) is 14.1. The fourth-order valence-corrected chi connectivity index (χ4v) is 3.61. The molecule has 0 aliphatic carbocycles. The molecule has 94 valence electrons. The van der Waals surface area contributed by atoms with Crippen LogP contribution >= 0.6 is 24.2 Å². The fourth-order valence-electron chi connectivity index (χ4n) is 2.36. The number of halogens is 1. The molecule has 0 radical (unpaired) electrons. The number of hydrogen-bond donors (Lipinski definition) is 1. The Morgan fingerprint density at radius 3 is 2.50 bits per heavy atom. The van der Waals surface area contributed by atoms with Gasteiger partial charge in [-0.2, -0.15) is 0 Å². The Morgan fingerprint density at radius 2 is 2.00 bits per heavy atom. The van der Waals surface area contributed by atoms with Crippen molar-refractivity contribution in [1.82, 2.24) is 10.2 Å². The maximum absolute atomic E-state index is 12.1. The lowest BCUT2D eigenvalue weighted by molar-refractivity contribution is -0.131. The quantitative estimate of drug-likeness (QED) is 0.821. The summed E-state index contributed by atoms with van der Waals surface area (Å²) in [5, 5.41) is 3.56. The molecule has 0 spiro atoms. The number of likely N-dealkylation sites (tertiary alicyclic amines) is 1. The van der Waals surface area contributed by atoms with E-state index in [0.29, 0.717) is 11.9 Å². The van der Waals surface area contributed by atoms with Crippen LogP contribution in [0.3, 0.4) is 0 Å². The Labute approximate surface area is 108 Å². The SMILES string of the molecule is CNC1CCN(C(=O)C2CCCS2)CC1.Cl. The highest BCUT2D eigenvalue weighted by Crippen LogP contribution is 2.28. The van der Waals surface area contributed by atoms with Gasteiger partial charge in [0.05, 0.1) is 5.25 Å². The predicted molar refractivity (Wildman–Crippen MR) is 71.4 cm³/mol. The van der Waals surface area contributed by atoms with Crippen molar-refractivity contribution in [2.24, 2.45) is 0 Å². The van der Waals surface area contributed by atoms with Gasteiger partial charge >= 0.3 is 0 Å². The van der Waals surface area contributed by atoms with E-state index in [1.54, 1.807) is 0 Å².